The largest absolute Gasteiger partial charge is 0.466 e. The number of aliphatic hydroxyl groups excluding tert-OH is 1. The quantitative estimate of drug-likeness (QED) is 0.840. The van der Waals surface area contributed by atoms with E-state index in [-0.39, 0.29) is 18.1 Å². The van der Waals surface area contributed by atoms with Crippen molar-refractivity contribution in [3.63, 3.8) is 0 Å². The van der Waals surface area contributed by atoms with Crippen LogP contribution in [0.4, 0.5) is 4.39 Å². The molecule has 0 bridgehead atoms. The normalized spacial score (nSPS) is 14.3. The third kappa shape index (κ3) is 4.01. The van der Waals surface area contributed by atoms with Gasteiger partial charge in [0.25, 0.3) is 0 Å². The van der Waals surface area contributed by atoms with Gasteiger partial charge in [0, 0.05) is 10.0 Å². The molecule has 0 aliphatic carbocycles. The van der Waals surface area contributed by atoms with Crippen LogP contribution in [-0.4, -0.2) is 17.7 Å². The van der Waals surface area contributed by atoms with Crippen LogP contribution < -0.4 is 0 Å². The number of hydrogen-bond donors (Lipinski definition) is 1. The van der Waals surface area contributed by atoms with E-state index in [1.54, 1.807) is 26.8 Å². The first-order chi connectivity index (χ1) is 8.88. The summed E-state index contributed by atoms with van der Waals surface area (Å²) >= 11 is 3.22. The number of benzene rings is 1. The van der Waals surface area contributed by atoms with E-state index in [4.69, 9.17) is 4.74 Å². The molecule has 5 heteroatoms. The molecule has 2 atom stereocenters. The number of aliphatic hydroxyl groups is 1. The third-order valence-electron chi connectivity index (χ3n) is 2.89. The summed E-state index contributed by atoms with van der Waals surface area (Å²) < 4.78 is 19.4. The van der Waals surface area contributed by atoms with Crippen molar-refractivity contribution in [3.05, 3.63) is 34.1 Å². The van der Waals surface area contributed by atoms with Crippen molar-refractivity contribution in [2.75, 3.05) is 6.61 Å². The molecule has 0 saturated carbocycles. The second-order valence-electron chi connectivity index (χ2n) is 4.63. The molecule has 1 aromatic rings. The van der Waals surface area contributed by atoms with Crippen LogP contribution in [0.25, 0.3) is 0 Å². The fourth-order valence-corrected chi connectivity index (χ4v) is 2.32. The molecular formula is C14H18BrFO3. The van der Waals surface area contributed by atoms with Crippen molar-refractivity contribution in [1.82, 2.24) is 0 Å². The van der Waals surface area contributed by atoms with Gasteiger partial charge in [-0.15, -0.1) is 0 Å². The number of rotatable bonds is 5. The highest BCUT2D eigenvalue weighted by Gasteiger charge is 2.33. The van der Waals surface area contributed by atoms with Gasteiger partial charge >= 0.3 is 5.97 Å². The number of carbonyl (C=O) groups excluding carboxylic acids is 1. The van der Waals surface area contributed by atoms with Crippen LogP contribution in [0.3, 0.4) is 0 Å². The number of halogens is 2. The van der Waals surface area contributed by atoms with Gasteiger partial charge in [0.15, 0.2) is 0 Å². The fourth-order valence-electron chi connectivity index (χ4n) is 1.94. The summed E-state index contributed by atoms with van der Waals surface area (Å²) in [5.41, 5.74) is 0.0983. The first-order valence-corrected chi connectivity index (χ1v) is 6.97. The molecule has 0 aromatic heterocycles. The lowest BCUT2D eigenvalue weighted by atomic mass is 9.86. The average molecular weight is 333 g/mol. The minimum Gasteiger partial charge on any atom is -0.466 e. The molecule has 106 valence electrons. The molecule has 0 amide bonds. The molecule has 0 spiro atoms. The SMILES string of the molecule is CCOC(=O)C(C(C)C)C(O)c1cc(Br)ccc1F. The maximum Gasteiger partial charge on any atom is 0.312 e. The van der Waals surface area contributed by atoms with Crippen LogP contribution in [0.1, 0.15) is 32.4 Å². The Morgan fingerprint density at radius 1 is 1.47 bits per heavy atom. The number of ether oxygens (including phenoxy) is 1. The first kappa shape index (κ1) is 16.1. The molecule has 0 radical (unpaired) electrons. The van der Waals surface area contributed by atoms with Crippen LogP contribution in [0, 0.1) is 17.7 Å². The summed E-state index contributed by atoms with van der Waals surface area (Å²) in [5.74, 6) is -1.99. The van der Waals surface area contributed by atoms with Gasteiger partial charge in [-0.2, -0.15) is 0 Å². The monoisotopic (exact) mass is 332 g/mol. The molecule has 0 aliphatic heterocycles. The van der Waals surface area contributed by atoms with E-state index in [9.17, 15) is 14.3 Å². The zero-order valence-electron chi connectivity index (χ0n) is 11.2. The van der Waals surface area contributed by atoms with E-state index < -0.39 is 23.8 Å². The summed E-state index contributed by atoms with van der Waals surface area (Å²) in [6, 6.07) is 4.28. The van der Waals surface area contributed by atoms with E-state index in [1.807, 2.05) is 0 Å². The minimum absolute atomic E-state index is 0.0983. The van der Waals surface area contributed by atoms with Crippen molar-refractivity contribution >= 4 is 21.9 Å². The van der Waals surface area contributed by atoms with Gasteiger partial charge in [-0.3, -0.25) is 4.79 Å². The number of carbonyl (C=O) groups is 1. The Kier molecular flexibility index (Phi) is 5.94. The highest BCUT2D eigenvalue weighted by Crippen LogP contribution is 2.32. The smallest absolute Gasteiger partial charge is 0.312 e. The predicted molar refractivity (Wildman–Crippen MR) is 74.0 cm³/mol. The van der Waals surface area contributed by atoms with Gasteiger partial charge in [-0.25, -0.2) is 4.39 Å². The van der Waals surface area contributed by atoms with Gasteiger partial charge in [0.1, 0.15) is 5.82 Å². The predicted octanol–water partition coefficient (Wildman–Crippen LogP) is 3.46. The van der Waals surface area contributed by atoms with Crippen LogP contribution in [0.2, 0.25) is 0 Å². The lowest BCUT2D eigenvalue weighted by molar-refractivity contribution is -0.154. The van der Waals surface area contributed by atoms with Gasteiger partial charge in [0.2, 0.25) is 0 Å². The topological polar surface area (TPSA) is 46.5 Å². The number of hydrogen-bond acceptors (Lipinski definition) is 3. The van der Waals surface area contributed by atoms with Crippen LogP contribution >= 0.6 is 15.9 Å². The Morgan fingerprint density at radius 2 is 2.11 bits per heavy atom. The molecule has 0 heterocycles. The summed E-state index contributed by atoms with van der Waals surface area (Å²) in [7, 11) is 0. The Labute approximate surface area is 120 Å². The number of esters is 1. The Balaban J connectivity index is 3.08. The van der Waals surface area contributed by atoms with Crippen LogP contribution in [0.5, 0.6) is 0 Å². The Bertz CT molecular complexity index is 448. The summed E-state index contributed by atoms with van der Waals surface area (Å²) in [6.45, 7) is 5.51. The second-order valence-corrected chi connectivity index (χ2v) is 5.55. The van der Waals surface area contributed by atoms with Crippen molar-refractivity contribution in [2.24, 2.45) is 11.8 Å². The van der Waals surface area contributed by atoms with Crippen molar-refractivity contribution in [2.45, 2.75) is 26.9 Å². The molecular weight excluding hydrogens is 315 g/mol. The molecule has 3 nitrogen and oxygen atoms in total. The van der Waals surface area contributed by atoms with Crippen molar-refractivity contribution < 1.29 is 19.0 Å². The van der Waals surface area contributed by atoms with Gasteiger partial charge in [-0.05, 0) is 31.0 Å². The highest BCUT2D eigenvalue weighted by atomic mass is 79.9. The van der Waals surface area contributed by atoms with E-state index in [1.165, 1.54) is 12.1 Å². The Morgan fingerprint density at radius 3 is 2.63 bits per heavy atom. The molecule has 1 aromatic carbocycles. The van der Waals surface area contributed by atoms with Crippen molar-refractivity contribution in [1.29, 1.82) is 0 Å². The van der Waals surface area contributed by atoms with E-state index >= 15 is 0 Å². The standard InChI is InChI=1S/C14H18BrFO3/c1-4-19-14(18)12(8(2)3)13(17)10-7-9(15)5-6-11(10)16/h5-8,12-13,17H,4H2,1-3H3. The van der Waals surface area contributed by atoms with Crippen LogP contribution in [0.15, 0.2) is 22.7 Å². The van der Waals surface area contributed by atoms with Gasteiger partial charge in [-0.1, -0.05) is 29.8 Å². The summed E-state index contributed by atoms with van der Waals surface area (Å²) in [5, 5.41) is 10.3. The molecule has 0 saturated heterocycles. The zero-order chi connectivity index (χ0) is 14.6. The fraction of sp³-hybridized carbons (Fsp3) is 0.500. The molecule has 19 heavy (non-hydrogen) atoms. The molecule has 2 unspecified atom stereocenters. The molecule has 1 N–H and O–H groups in total. The van der Waals surface area contributed by atoms with Gasteiger partial charge < -0.3 is 9.84 Å². The first-order valence-electron chi connectivity index (χ1n) is 6.18. The summed E-state index contributed by atoms with van der Waals surface area (Å²) in [6.07, 6.45) is -1.23. The zero-order valence-corrected chi connectivity index (χ0v) is 12.8. The third-order valence-corrected chi connectivity index (χ3v) is 3.39. The lowest BCUT2D eigenvalue weighted by Gasteiger charge is -2.25. The highest BCUT2D eigenvalue weighted by molar-refractivity contribution is 9.10. The second kappa shape index (κ2) is 7.01. The maximum absolute atomic E-state index is 13.8. The van der Waals surface area contributed by atoms with Gasteiger partial charge in [0.05, 0.1) is 18.6 Å². The average Bonchev–Trinajstić information content (AvgIpc) is 2.32. The Hall–Kier alpha value is -0.940. The van der Waals surface area contributed by atoms with Crippen molar-refractivity contribution in [3.8, 4) is 0 Å². The van der Waals surface area contributed by atoms with E-state index in [2.05, 4.69) is 15.9 Å². The lowest BCUT2D eigenvalue weighted by Crippen LogP contribution is -2.29. The molecule has 0 aliphatic rings. The molecule has 1 rings (SSSR count). The maximum atomic E-state index is 13.8. The van der Waals surface area contributed by atoms with E-state index in [0.717, 1.165) is 0 Å². The minimum atomic E-state index is -1.23. The molecule has 0 fully saturated rings. The van der Waals surface area contributed by atoms with Crippen LogP contribution in [-0.2, 0) is 9.53 Å². The van der Waals surface area contributed by atoms with E-state index in [0.29, 0.717) is 4.47 Å². The summed E-state index contributed by atoms with van der Waals surface area (Å²) in [4.78, 5) is 11.9.